The third-order valence-electron chi connectivity index (χ3n) is 10.7. The maximum absolute atomic E-state index is 2.44. The number of hydrogen-bond donors (Lipinski definition) is 0. The molecule has 0 saturated heterocycles. The lowest BCUT2D eigenvalue weighted by Gasteiger charge is -2.45. The van der Waals surface area contributed by atoms with Gasteiger partial charge in [-0.15, -0.1) is 0 Å². The van der Waals surface area contributed by atoms with Crippen LogP contribution in [0.15, 0.2) is 0 Å². The van der Waals surface area contributed by atoms with Crippen molar-refractivity contribution in [2.24, 2.45) is 0 Å². The first-order valence-corrected chi connectivity index (χ1v) is 19.0. The molecule has 0 atom stereocenters. The van der Waals surface area contributed by atoms with Crippen molar-refractivity contribution in [1.29, 1.82) is 0 Å². The maximum atomic E-state index is 2.44. The van der Waals surface area contributed by atoms with E-state index in [0.29, 0.717) is 11.8 Å². The number of hydrogen-bond acceptors (Lipinski definition) is 0. The average Bonchev–Trinajstić information content (AvgIpc) is 2.96. The van der Waals surface area contributed by atoms with E-state index in [9.17, 15) is 0 Å². The molecular formula is C42H66. The summed E-state index contributed by atoms with van der Waals surface area (Å²) in [5.41, 5.74) is 22.1. The molecule has 2 aliphatic rings. The lowest BCUT2D eigenvalue weighted by atomic mass is 9.59. The Bertz CT molecular complexity index is 998. The van der Waals surface area contributed by atoms with Crippen molar-refractivity contribution in [3.8, 4) is 0 Å². The molecule has 0 radical (unpaired) electrons. The molecule has 234 valence electrons. The zero-order chi connectivity index (χ0) is 30.2. The minimum absolute atomic E-state index is 0.624. The van der Waals surface area contributed by atoms with Gasteiger partial charge in [0.15, 0.2) is 0 Å². The quantitative estimate of drug-likeness (QED) is 0.188. The lowest BCUT2D eigenvalue weighted by Crippen LogP contribution is -2.30. The van der Waals surface area contributed by atoms with Gasteiger partial charge in [0.1, 0.15) is 0 Å². The minimum atomic E-state index is 0.624. The van der Waals surface area contributed by atoms with Crippen molar-refractivity contribution in [2.45, 2.75) is 196 Å². The SMILES string of the molecule is CCCc1c(CCC)c(CCC)c2c(c1CCC)C1CCCCC2c2c(CCC)c(CCC)c(CCC)c(CCC)c21. The van der Waals surface area contributed by atoms with E-state index in [4.69, 9.17) is 0 Å². The Morgan fingerprint density at radius 3 is 0.690 bits per heavy atom. The van der Waals surface area contributed by atoms with Gasteiger partial charge in [0.05, 0.1) is 0 Å². The average molecular weight is 571 g/mol. The summed E-state index contributed by atoms with van der Waals surface area (Å²) in [6.07, 6.45) is 25.9. The highest BCUT2D eigenvalue weighted by Gasteiger charge is 2.42. The Kier molecular flexibility index (Phi) is 12.7. The molecule has 2 aliphatic carbocycles. The highest BCUT2D eigenvalue weighted by Crippen LogP contribution is 2.57. The molecule has 0 aromatic heterocycles. The van der Waals surface area contributed by atoms with Crippen LogP contribution in [0.4, 0.5) is 0 Å². The van der Waals surface area contributed by atoms with Crippen LogP contribution in [0.1, 0.15) is 211 Å². The summed E-state index contributed by atoms with van der Waals surface area (Å²) >= 11 is 0. The fourth-order valence-electron chi connectivity index (χ4n) is 9.53. The molecule has 42 heavy (non-hydrogen) atoms. The Labute approximate surface area is 261 Å². The second-order valence-corrected chi connectivity index (χ2v) is 13.9. The first-order chi connectivity index (χ1) is 20.6. The Morgan fingerprint density at radius 1 is 0.310 bits per heavy atom. The van der Waals surface area contributed by atoms with Crippen LogP contribution in [-0.4, -0.2) is 0 Å². The minimum Gasteiger partial charge on any atom is -0.0651 e. The van der Waals surface area contributed by atoms with Crippen LogP contribution in [0.25, 0.3) is 0 Å². The van der Waals surface area contributed by atoms with Gasteiger partial charge >= 0.3 is 0 Å². The third-order valence-corrected chi connectivity index (χ3v) is 10.7. The molecular weight excluding hydrogens is 504 g/mol. The van der Waals surface area contributed by atoms with Gasteiger partial charge in [0.25, 0.3) is 0 Å². The summed E-state index contributed by atoms with van der Waals surface area (Å²) < 4.78 is 0. The second-order valence-electron chi connectivity index (χ2n) is 13.9. The molecule has 0 saturated carbocycles. The van der Waals surface area contributed by atoms with Crippen molar-refractivity contribution in [3.05, 3.63) is 66.8 Å². The highest BCUT2D eigenvalue weighted by molar-refractivity contribution is 5.68. The Morgan fingerprint density at radius 2 is 0.500 bits per heavy atom. The first kappa shape index (κ1) is 33.3. The third kappa shape index (κ3) is 6.17. The van der Waals surface area contributed by atoms with Crippen molar-refractivity contribution in [2.75, 3.05) is 0 Å². The molecule has 4 rings (SSSR count). The maximum Gasteiger partial charge on any atom is 0.0101 e. The van der Waals surface area contributed by atoms with Crippen LogP contribution in [0.3, 0.4) is 0 Å². The molecule has 2 aromatic rings. The van der Waals surface area contributed by atoms with Crippen LogP contribution in [0.5, 0.6) is 0 Å². The molecule has 0 nitrogen and oxygen atoms in total. The summed E-state index contributed by atoms with van der Waals surface area (Å²) in [5.74, 6) is 1.25. The van der Waals surface area contributed by atoms with Crippen LogP contribution >= 0.6 is 0 Å². The summed E-state index contributed by atoms with van der Waals surface area (Å²) in [4.78, 5) is 0. The van der Waals surface area contributed by atoms with E-state index in [1.807, 2.05) is 44.5 Å². The summed E-state index contributed by atoms with van der Waals surface area (Å²) in [6.45, 7) is 19.4. The Hall–Kier alpha value is -1.56. The molecule has 0 unspecified atom stereocenters. The zero-order valence-corrected chi connectivity index (χ0v) is 29.3. The summed E-state index contributed by atoms with van der Waals surface area (Å²) in [6, 6.07) is 0. The second kappa shape index (κ2) is 16.0. The molecule has 0 amide bonds. The molecule has 0 N–H and O–H groups in total. The van der Waals surface area contributed by atoms with E-state index in [1.165, 1.54) is 128 Å². The van der Waals surface area contributed by atoms with Crippen LogP contribution < -0.4 is 0 Å². The molecule has 0 heteroatoms. The first-order valence-electron chi connectivity index (χ1n) is 19.0. The predicted octanol–water partition coefficient (Wildman–Crippen LogP) is 12.5. The smallest absolute Gasteiger partial charge is 0.0101 e. The van der Waals surface area contributed by atoms with Crippen molar-refractivity contribution in [1.82, 2.24) is 0 Å². The van der Waals surface area contributed by atoms with E-state index in [-0.39, 0.29) is 0 Å². The molecule has 0 fully saturated rings. The topological polar surface area (TPSA) is 0 Å². The van der Waals surface area contributed by atoms with Gasteiger partial charge in [-0.25, -0.2) is 0 Å². The number of rotatable bonds is 16. The van der Waals surface area contributed by atoms with Crippen molar-refractivity contribution < 1.29 is 0 Å². The fourth-order valence-corrected chi connectivity index (χ4v) is 9.53. The van der Waals surface area contributed by atoms with Crippen LogP contribution in [0.2, 0.25) is 0 Å². The van der Waals surface area contributed by atoms with Crippen molar-refractivity contribution in [3.63, 3.8) is 0 Å². The predicted molar refractivity (Wildman–Crippen MR) is 187 cm³/mol. The lowest BCUT2D eigenvalue weighted by molar-refractivity contribution is 0.498. The highest BCUT2D eigenvalue weighted by atomic mass is 14.5. The van der Waals surface area contributed by atoms with E-state index < -0.39 is 0 Å². The standard InChI is InChI=1S/C42H66/c1-9-19-29-30(20-10-2)34(24-14-6)40-38-28-18-17-27-37(39(40)33(29)23-13-5)41-35(25-15-7)31(21-11-3)32(22-12-4)36(26-16-8)42(38)41/h37-38H,9-28H2,1-8H3. The summed E-state index contributed by atoms with van der Waals surface area (Å²) in [5, 5.41) is 0. The molecule has 0 aliphatic heterocycles. The van der Waals surface area contributed by atoms with Gasteiger partial charge in [0, 0.05) is 11.8 Å². The van der Waals surface area contributed by atoms with Gasteiger partial charge in [-0.05, 0) is 131 Å². The van der Waals surface area contributed by atoms with Gasteiger partial charge in [-0.1, -0.05) is 120 Å². The van der Waals surface area contributed by atoms with E-state index >= 15 is 0 Å². The zero-order valence-electron chi connectivity index (χ0n) is 29.3. The molecule has 2 aromatic carbocycles. The fraction of sp³-hybridized carbons (Fsp3) is 0.714. The van der Waals surface area contributed by atoms with Crippen molar-refractivity contribution >= 4 is 0 Å². The van der Waals surface area contributed by atoms with Gasteiger partial charge in [-0.2, -0.15) is 0 Å². The van der Waals surface area contributed by atoms with Gasteiger partial charge in [-0.3, -0.25) is 0 Å². The summed E-state index contributed by atoms with van der Waals surface area (Å²) in [7, 11) is 0. The number of fused-ring (bicyclic) bond motifs is 3. The van der Waals surface area contributed by atoms with E-state index in [0.717, 1.165) is 0 Å². The van der Waals surface area contributed by atoms with Gasteiger partial charge < -0.3 is 0 Å². The van der Waals surface area contributed by atoms with E-state index in [1.54, 1.807) is 22.3 Å². The van der Waals surface area contributed by atoms with Gasteiger partial charge in [0.2, 0.25) is 0 Å². The molecule has 2 bridgehead atoms. The normalized spacial score (nSPS) is 17.7. The molecule has 0 spiro atoms. The largest absolute Gasteiger partial charge is 0.0651 e. The number of benzene rings is 2. The molecule has 0 heterocycles. The van der Waals surface area contributed by atoms with Crippen LogP contribution in [-0.2, 0) is 51.4 Å². The van der Waals surface area contributed by atoms with E-state index in [2.05, 4.69) is 55.4 Å². The monoisotopic (exact) mass is 571 g/mol. The van der Waals surface area contributed by atoms with Crippen LogP contribution in [0, 0.1) is 0 Å². The Balaban J connectivity index is 2.24.